The molecule has 0 aliphatic carbocycles. The second kappa shape index (κ2) is 6.70. The Morgan fingerprint density at radius 2 is 2.14 bits per heavy atom. The van der Waals surface area contributed by atoms with Crippen LogP contribution in [0.5, 0.6) is 0 Å². The van der Waals surface area contributed by atoms with Gasteiger partial charge >= 0.3 is 0 Å². The minimum absolute atomic E-state index is 0.377. The molecule has 1 aliphatic rings. The number of rotatable bonds is 5. The summed E-state index contributed by atoms with van der Waals surface area (Å²) in [6, 6.07) is 7.57. The van der Waals surface area contributed by atoms with Crippen molar-refractivity contribution in [2.24, 2.45) is 11.7 Å². The van der Waals surface area contributed by atoms with E-state index in [-0.39, 0.29) is 5.91 Å². The lowest BCUT2D eigenvalue weighted by Gasteiger charge is -2.32. The van der Waals surface area contributed by atoms with Crippen molar-refractivity contribution in [2.45, 2.75) is 25.9 Å². The van der Waals surface area contributed by atoms with E-state index < -0.39 is 0 Å². The fourth-order valence-electron chi connectivity index (χ4n) is 3.07. The normalized spacial score (nSPS) is 19.2. The maximum absolute atomic E-state index is 11.1. The van der Waals surface area contributed by atoms with Crippen molar-refractivity contribution in [1.82, 2.24) is 19.7 Å². The van der Waals surface area contributed by atoms with Crippen LogP contribution in [0, 0.1) is 5.92 Å². The predicted octanol–water partition coefficient (Wildman–Crippen LogP) is 1.29. The third kappa shape index (κ3) is 3.71. The predicted molar refractivity (Wildman–Crippen MR) is 83.0 cm³/mol. The molecule has 2 N–H and O–H groups in total. The molecule has 1 saturated heterocycles. The highest BCUT2D eigenvalue weighted by Crippen LogP contribution is 2.20. The van der Waals surface area contributed by atoms with Crippen LogP contribution in [0.2, 0.25) is 0 Å². The summed E-state index contributed by atoms with van der Waals surface area (Å²) in [4.78, 5) is 17.6. The number of nitrogens with two attached hydrogens (primary N) is 1. The second-order valence-corrected chi connectivity index (χ2v) is 5.92. The van der Waals surface area contributed by atoms with Gasteiger partial charge in [-0.25, -0.2) is 4.98 Å². The Morgan fingerprint density at radius 1 is 1.32 bits per heavy atom. The largest absolute Gasteiger partial charge is 0.366 e. The van der Waals surface area contributed by atoms with Crippen LogP contribution in [-0.2, 0) is 13.1 Å². The number of amides is 1. The van der Waals surface area contributed by atoms with E-state index in [1.165, 1.54) is 18.4 Å². The van der Waals surface area contributed by atoms with Gasteiger partial charge in [0.2, 0.25) is 5.91 Å². The summed E-state index contributed by atoms with van der Waals surface area (Å²) in [5.41, 5.74) is 7.04. The lowest BCUT2D eigenvalue weighted by Crippen LogP contribution is -2.36. The highest BCUT2D eigenvalue weighted by molar-refractivity contribution is 5.92. The van der Waals surface area contributed by atoms with Gasteiger partial charge in [-0.2, -0.15) is 5.10 Å². The van der Waals surface area contributed by atoms with Crippen molar-refractivity contribution >= 4 is 5.91 Å². The second-order valence-electron chi connectivity index (χ2n) is 5.92. The molecule has 22 heavy (non-hydrogen) atoms. The molecule has 0 spiro atoms. The van der Waals surface area contributed by atoms with Crippen LogP contribution in [0.3, 0.4) is 0 Å². The van der Waals surface area contributed by atoms with Crippen LogP contribution in [-0.4, -0.2) is 38.7 Å². The van der Waals surface area contributed by atoms with Crippen LogP contribution in [0.4, 0.5) is 0 Å². The average Bonchev–Trinajstić information content (AvgIpc) is 3.01. The van der Waals surface area contributed by atoms with Gasteiger partial charge in [0.05, 0.1) is 0 Å². The van der Waals surface area contributed by atoms with E-state index in [9.17, 15) is 4.79 Å². The Morgan fingerprint density at radius 3 is 2.82 bits per heavy atom. The number of nitrogens with zero attached hydrogens (tertiary/aromatic N) is 4. The molecule has 1 unspecified atom stereocenters. The van der Waals surface area contributed by atoms with Crippen LogP contribution in [0.25, 0.3) is 0 Å². The monoisotopic (exact) mass is 299 g/mol. The average molecular weight is 299 g/mol. The molecule has 1 fully saturated rings. The molecule has 2 aromatic rings. The first-order chi connectivity index (χ1) is 10.7. The van der Waals surface area contributed by atoms with Gasteiger partial charge in [-0.3, -0.25) is 14.4 Å². The maximum atomic E-state index is 11.1. The molecule has 2 heterocycles. The Bertz CT molecular complexity index is 608. The van der Waals surface area contributed by atoms with Gasteiger partial charge in [-0.1, -0.05) is 12.1 Å². The van der Waals surface area contributed by atoms with E-state index in [0.29, 0.717) is 11.5 Å². The van der Waals surface area contributed by atoms with E-state index in [4.69, 9.17) is 5.73 Å². The fourth-order valence-corrected chi connectivity index (χ4v) is 3.07. The van der Waals surface area contributed by atoms with Gasteiger partial charge in [0.25, 0.3) is 0 Å². The number of likely N-dealkylation sites (tertiary alicyclic amines) is 1. The van der Waals surface area contributed by atoms with E-state index in [1.807, 2.05) is 16.8 Å². The molecule has 6 nitrogen and oxygen atoms in total. The number of aromatic nitrogens is 3. The van der Waals surface area contributed by atoms with Crippen LogP contribution < -0.4 is 5.73 Å². The van der Waals surface area contributed by atoms with Crippen LogP contribution in [0.1, 0.15) is 28.8 Å². The molecule has 116 valence electrons. The standard InChI is InChI=1S/C16H21N5O/c17-16(22)15-5-3-13(4-6-15)8-20-7-1-2-14(9-20)10-21-12-18-11-19-21/h3-6,11-12,14H,1-2,7-10H2,(H2,17,22). The number of benzene rings is 1. The lowest BCUT2D eigenvalue weighted by atomic mass is 9.97. The van der Waals surface area contributed by atoms with Gasteiger partial charge in [0, 0.05) is 25.2 Å². The first kappa shape index (κ1) is 14.7. The summed E-state index contributed by atoms with van der Waals surface area (Å²) in [7, 11) is 0. The van der Waals surface area contributed by atoms with E-state index in [1.54, 1.807) is 24.8 Å². The number of carbonyl (C=O) groups is 1. The van der Waals surface area contributed by atoms with Gasteiger partial charge in [-0.15, -0.1) is 0 Å². The van der Waals surface area contributed by atoms with E-state index >= 15 is 0 Å². The molecule has 1 amide bonds. The number of piperidine rings is 1. The fraction of sp³-hybridized carbons (Fsp3) is 0.438. The maximum Gasteiger partial charge on any atom is 0.248 e. The Hall–Kier alpha value is -2.21. The van der Waals surface area contributed by atoms with Crippen molar-refractivity contribution in [1.29, 1.82) is 0 Å². The zero-order valence-corrected chi connectivity index (χ0v) is 12.6. The van der Waals surface area contributed by atoms with E-state index in [2.05, 4.69) is 15.0 Å². The molecule has 0 radical (unpaired) electrons. The number of hydrogen-bond donors (Lipinski definition) is 1. The van der Waals surface area contributed by atoms with Gasteiger partial charge in [-0.05, 0) is 43.0 Å². The topological polar surface area (TPSA) is 77.0 Å². The summed E-state index contributed by atoms with van der Waals surface area (Å²) in [5, 5.41) is 4.19. The van der Waals surface area contributed by atoms with Crippen molar-refractivity contribution in [3.8, 4) is 0 Å². The molecule has 1 aromatic carbocycles. The summed E-state index contributed by atoms with van der Waals surface area (Å²) >= 11 is 0. The molecule has 0 bridgehead atoms. The van der Waals surface area contributed by atoms with Crippen LogP contribution in [0.15, 0.2) is 36.9 Å². The lowest BCUT2D eigenvalue weighted by molar-refractivity contribution is 0.100. The molecule has 3 rings (SSSR count). The van der Waals surface area contributed by atoms with Crippen molar-refractivity contribution < 1.29 is 4.79 Å². The van der Waals surface area contributed by atoms with E-state index in [0.717, 1.165) is 26.2 Å². The third-order valence-electron chi connectivity index (χ3n) is 4.16. The quantitative estimate of drug-likeness (QED) is 0.902. The van der Waals surface area contributed by atoms with Gasteiger partial charge < -0.3 is 5.73 Å². The van der Waals surface area contributed by atoms with Crippen molar-refractivity contribution in [3.63, 3.8) is 0 Å². The number of primary amides is 1. The highest BCUT2D eigenvalue weighted by atomic mass is 16.1. The minimum atomic E-state index is -0.377. The summed E-state index contributed by atoms with van der Waals surface area (Å²) in [6.07, 6.45) is 5.80. The molecule has 0 saturated carbocycles. The zero-order valence-electron chi connectivity index (χ0n) is 12.6. The molecule has 6 heteroatoms. The smallest absolute Gasteiger partial charge is 0.248 e. The van der Waals surface area contributed by atoms with Gasteiger partial charge in [0.15, 0.2) is 0 Å². The molecule has 1 atom stereocenters. The molecule has 1 aromatic heterocycles. The van der Waals surface area contributed by atoms with Crippen LogP contribution >= 0.6 is 0 Å². The SMILES string of the molecule is NC(=O)c1ccc(CN2CCCC(Cn3cncn3)C2)cc1. The Kier molecular flexibility index (Phi) is 4.48. The minimum Gasteiger partial charge on any atom is -0.366 e. The molecule has 1 aliphatic heterocycles. The Labute approximate surface area is 129 Å². The van der Waals surface area contributed by atoms with Crippen molar-refractivity contribution in [2.75, 3.05) is 13.1 Å². The number of carbonyl (C=O) groups excluding carboxylic acids is 1. The first-order valence-electron chi connectivity index (χ1n) is 7.64. The summed E-state index contributed by atoms with van der Waals surface area (Å²) in [6.45, 7) is 4.02. The van der Waals surface area contributed by atoms with Gasteiger partial charge in [0.1, 0.15) is 12.7 Å². The zero-order chi connectivity index (χ0) is 15.4. The highest BCUT2D eigenvalue weighted by Gasteiger charge is 2.20. The molecular weight excluding hydrogens is 278 g/mol. The Balaban J connectivity index is 1.56. The summed E-state index contributed by atoms with van der Waals surface area (Å²) < 4.78 is 1.91. The molecular formula is C16H21N5O. The number of hydrogen-bond acceptors (Lipinski definition) is 4. The van der Waals surface area contributed by atoms with Crippen molar-refractivity contribution in [3.05, 3.63) is 48.0 Å². The summed E-state index contributed by atoms with van der Waals surface area (Å²) in [5.74, 6) is 0.234. The first-order valence-corrected chi connectivity index (χ1v) is 7.64. The third-order valence-corrected chi connectivity index (χ3v) is 4.16.